The molecule has 0 aliphatic carbocycles. The fourth-order valence-corrected chi connectivity index (χ4v) is 2.27. The predicted molar refractivity (Wildman–Crippen MR) is 66.4 cm³/mol. The molecule has 0 radical (unpaired) electrons. The molecule has 1 heterocycles. The first-order valence-electron chi connectivity index (χ1n) is 6.36. The molecule has 104 valence electrons. The number of rotatable bonds is 3. The molecule has 1 saturated heterocycles. The summed E-state index contributed by atoms with van der Waals surface area (Å²) in [5.74, 6) is -1.18. The molecule has 0 bridgehead atoms. The molecule has 1 aliphatic rings. The number of hydrogen-bond donors (Lipinski definition) is 0. The summed E-state index contributed by atoms with van der Waals surface area (Å²) >= 11 is 0. The van der Waals surface area contributed by atoms with Crippen LogP contribution in [-0.4, -0.2) is 30.0 Å². The molecule has 0 spiro atoms. The van der Waals surface area contributed by atoms with Gasteiger partial charge in [-0.1, -0.05) is 0 Å². The van der Waals surface area contributed by atoms with Crippen molar-refractivity contribution in [1.82, 2.24) is 4.90 Å². The first kappa shape index (κ1) is 13.9. The van der Waals surface area contributed by atoms with Crippen molar-refractivity contribution >= 4 is 5.91 Å². The lowest BCUT2D eigenvalue weighted by atomic mass is 10.1. The summed E-state index contributed by atoms with van der Waals surface area (Å²) in [6.45, 7) is 2.99. The molecular formula is C14H17F2NO2. The molecule has 0 N–H and O–H groups in total. The third kappa shape index (κ3) is 3.99. The van der Waals surface area contributed by atoms with E-state index in [1.54, 1.807) is 4.90 Å². The monoisotopic (exact) mass is 269 g/mol. The molecule has 1 aromatic rings. The number of likely N-dealkylation sites (tertiary alicyclic amines) is 1. The second-order valence-electron chi connectivity index (χ2n) is 4.82. The van der Waals surface area contributed by atoms with E-state index in [0.717, 1.165) is 25.5 Å². The van der Waals surface area contributed by atoms with Crippen molar-refractivity contribution in [2.45, 2.75) is 32.5 Å². The van der Waals surface area contributed by atoms with Gasteiger partial charge in [-0.05, 0) is 30.5 Å². The SMILES string of the molecule is CC(=O)N1CCCC(OCc2cc(F)cc(F)c2)C1. The minimum atomic E-state index is -0.604. The zero-order chi connectivity index (χ0) is 13.8. The van der Waals surface area contributed by atoms with Crippen LogP contribution >= 0.6 is 0 Å². The first-order chi connectivity index (χ1) is 9.04. The second kappa shape index (κ2) is 6.10. The lowest BCUT2D eigenvalue weighted by molar-refractivity contribution is -0.133. The molecule has 1 aromatic carbocycles. The van der Waals surface area contributed by atoms with Gasteiger partial charge in [-0.2, -0.15) is 0 Å². The summed E-state index contributed by atoms with van der Waals surface area (Å²) in [5, 5.41) is 0. The van der Waals surface area contributed by atoms with Gasteiger partial charge >= 0.3 is 0 Å². The molecule has 1 atom stereocenters. The van der Waals surface area contributed by atoms with E-state index < -0.39 is 11.6 Å². The largest absolute Gasteiger partial charge is 0.372 e. The lowest BCUT2D eigenvalue weighted by Crippen LogP contribution is -2.42. The maximum absolute atomic E-state index is 13.0. The van der Waals surface area contributed by atoms with Crippen molar-refractivity contribution in [2.75, 3.05) is 13.1 Å². The lowest BCUT2D eigenvalue weighted by Gasteiger charge is -2.32. The van der Waals surface area contributed by atoms with Crippen LogP contribution in [0.2, 0.25) is 0 Å². The number of nitrogens with zero attached hydrogens (tertiary/aromatic N) is 1. The number of benzene rings is 1. The van der Waals surface area contributed by atoms with Crippen LogP contribution in [0.4, 0.5) is 8.78 Å². The molecule has 0 saturated carbocycles. The van der Waals surface area contributed by atoms with E-state index in [1.165, 1.54) is 19.1 Å². The third-order valence-corrected chi connectivity index (χ3v) is 3.23. The van der Waals surface area contributed by atoms with Gasteiger partial charge in [0.15, 0.2) is 0 Å². The van der Waals surface area contributed by atoms with Gasteiger partial charge in [0.2, 0.25) is 5.91 Å². The maximum atomic E-state index is 13.0. The van der Waals surface area contributed by atoms with Gasteiger partial charge in [0.1, 0.15) is 11.6 Å². The van der Waals surface area contributed by atoms with Crippen LogP contribution in [0.5, 0.6) is 0 Å². The number of carbonyl (C=O) groups is 1. The topological polar surface area (TPSA) is 29.5 Å². The molecule has 0 aromatic heterocycles. The van der Waals surface area contributed by atoms with E-state index in [2.05, 4.69) is 0 Å². The second-order valence-corrected chi connectivity index (χ2v) is 4.82. The fraction of sp³-hybridized carbons (Fsp3) is 0.500. The van der Waals surface area contributed by atoms with E-state index in [9.17, 15) is 13.6 Å². The average Bonchev–Trinajstić information content (AvgIpc) is 2.35. The minimum Gasteiger partial charge on any atom is -0.372 e. The van der Waals surface area contributed by atoms with Gasteiger partial charge in [0.05, 0.1) is 12.7 Å². The molecule has 1 aliphatic heterocycles. The molecule has 1 unspecified atom stereocenters. The number of hydrogen-bond acceptors (Lipinski definition) is 2. The quantitative estimate of drug-likeness (QED) is 0.843. The maximum Gasteiger partial charge on any atom is 0.219 e. The Balaban J connectivity index is 1.89. The van der Waals surface area contributed by atoms with Crippen LogP contribution in [0.15, 0.2) is 18.2 Å². The predicted octanol–water partition coefficient (Wildman–Crippen LogP) is 2.49. The Bertz CT molecular complexity index is 445. The van der Waals surface area contributed by atoms with Gasteiger partial charge < -0.3 is 9.64 Å². The van der Waals surface area contributed by atoms with Crippen molar-refractivity contribution in [3.8, 4) is 0 Å². The van der Waals surface area contributed by atoms with Gasteiger partial charge in [0, 0.05) is 26.1 Å². The van der Waals surface area contributed by atoms with Gasteiger partial charge in [-0.15, -0.1) is 0 Å². The molecule has 1 amide bonds. The van der Waals surface area contributed by atoms with Crippen molar-refractivity contribution in [1.29, 1.82) is 0 Å². The highest BCUT2D eigenvalue weighted by atomic mass is 19.1. The minimum absolute atomic E-state index is 0.0325. The van der Waals surface area contributed by atoms with Crippen LogP contribution in [0.1, 0.15) is 25.3 Å². The Hall–Kier alpha value is -1.49. The molecule has 1 fully saturated rings. The highest BCUT2D eigenvalue weighted by Gasteiger charge is 2.21. The van der Waals surface area contributed by atoms with E-state index in [4.69, 9.17) is 4.74 Å². The van der Waals surface area contributed by atoms with E-state index in [-0.39, 0.29) is 18.6 Å². The van der Waals surface area contributed by atoms with Gasteiger partial charge in [-0.3, -0.25) is 4.79 Å². The Labute approximate surface area is 111 Å². The molecule has 3 nitrogen and oxygen atoms in total. The molecule has 5 heteroatoms. The average molecular weight is 269 g/mol. The van der Waals surface area contributed by atoms with Crippen molar-refractivity contribution in [3.63, 3.8) is 0 Å². The number of carbonyl (C=O) groups excluding carboxylic acids is 1. The Morgan fingerprint density at radius 2 is 2.05 bits per heavy atom. The summed E-state index contributed by atoms with van der Waals surface area (Å²) in [7, 11) is 0. The number of halogens is 2. The van der Waals surface area contributed by atoms with Gasteiger partial charge in [-0.25, -0.2) is 8.78 Å². The van der Waals surface area contributed by atoms with E-state index in [0.29, 0.717) is 12.1 Å². The Kier molecular flexibility index (Phi) is 4.47. The van der Waals surface area contributed by atoms with Crippen LogP contribution < -0.4 is 0 Å². The van der Waals surface area contributed by atoms with Crippen molar-refractivity contribution in [2.24, 2.45) is 0 Å². The summed E-state index contributed by atoms with van der Waals surface area (Å²) in [6.07, 6.45) is 1.69. The summed E-state index contributed by atoms with van der Waals surface area (Å²) in [5.41, 5.74) is 0.470. The summed E-state index contributed by atoms with van der Waals surface area (Å²) < 4.78 is 31.7. The summed E-state index contributed by atoms with van der Waals surface area (Å²) in [4.78, 5) is 13.0. The Morgan fingerprint density at radius 3 is 2.68 bits per heavy atom. The zero-order valence-electron chi connectivity index (χ0n) is 10.9. The van der Waals surface area contributed by atoms with E-state index in [1.807, 2.05) is 0 Å². The van der Waals surface area contributed by atoms with E-state index >= 15 is 0 Å². The van der Waals surface area contributed by atoms with Crippen LogP contribution in [-0.2, 0) is 16.1 Å². The van der Waals surface area contributed by atoms with Crippen molar-refractivity contribution < 1.29 is 18.3 Å². The molecule has 2 rings (SSSR count). The first-order valence-corrected chi connectivity index (χ1v) is 6.36. The third-order valence-electron chi connectivity index (χ3n) is 3.23. The van der Waals surface area contributed by atoms with Crippen LogP contribution in [0, 0.1) is 11.6 Å². The highest BCUT2D eigenvalue weighted by Crippen LogP contribution is 2.16. The van der Waals surface area contributed by atoms with Crippen LogP contribution in [0.3, 0.4) is 0 Å². The zero-order valence-corrected chi connectivity index (χ0v) is 10.9. The van der Waals surface area contributed by atoms with Crippen LogP contribution in [0.25, 0.3) is 0 Å². The number of piperidine rings is 1. The normalized spacial score (nSPS) is 19.5. The van der Waals surface area contributed by atoms with Crippen molar-refractivity contribution in [3.05, 3.63) is 35.4 Å². The molecular weight excluding hydrogens is 252 g/mol. The Morgan fingerprint density at radius 1 is 1.37 bits per heavy atom. The smallest absolute Gasteiger partial charge is 0.219 e. The number of ether oxygens (including phenoxy) is 1. The van der Waals surface area contributed by atoms with Gasteiger partial charge in [0.25, 0.3) is 0 Å². The summed E-state index contributed by atoms with van der Waals surface area (Å²) in [6, 6.07) is 3.35. The standard InChI is InChI=1S/C14H17F2NO2/c1-10(18)17-4-2-3-14(8-17)19-9-11-5-12(15)7-13(16)6-11/h5-7,14H,2-4,8-9H2,1H3. The fourth-order valence-electron chi connectivity index (χ4n) is 2.27. The number of amides is 1. The molecule has 19 heavy (non-hydrogen) atoms. The highest BCUT2D eigenvalue weighted by molar-refractivity contribution is 5.73.